The molecule has 0 aromatic rings. The number of hydrogen-bond acceptors (Lipinski definition) is 4. The number of hydroxylamine groups is 2. The predicted molar refractivity (Wildman–Crippen MR) is 23.8 cm³/mol. The van der Waals surface area contributed by atoms with E-state index in [0.717, 1.165) is 0 Å². The van der Waals surface area contributed by atoms with Gasteiger partial charge in [-0.05, 0) is 0 Å². The molecule has 0 saturated carbocycles. The monoisotopic (exact) mass is 139 g/mol. The predicted octanol–water partition coefficient (Wildman–Crippen LogP) is -1.09. The van der Waals surface area contributed by atoms with Gasteiger partial charge in [0.1, 0.15) is 0 Å². The summed E-state index contributed by atoms with van der Waals surface area (Å²) in [6.45, 7) is 0.0127. The van der Waals surface area contributed by atoms with E-state index >= 15 is 0 Å². The van der Waals surface area contributed by atoms with Crippen molar-refractivity contribution in [2.24, 2.45) is 0 Å². The summed E-state index contributed by atoms with van der Waals surface area (Å²) < 4.78 is 28.0. The zero-order valence-corrected chi connectivity index (χ0v) is 4.67. The molecular weight excluding hydrogens is 134 g/mol. The van der Waals surface area contributed by atoms with E-state index in [9.17, 15) is 8.42 Å². The van der Waals surface area contributed by atoms with Gasteiger partial charge in [0.15, 0.2) is 5.37 Å². The molecule has 0 bridgehead atoms. The van der Waals surface area contributed by atoms with E-state index in [4.69, 9.17) is 9.76 Å². The fourth-order valence-corrected chi connectivity index (χ4v) is 1.01. The van der Waals surface area contributed by atoms with Gasteiger partial charge in [-0.1, -0.05) is 0 Å². The Morgan fingerprint density at radius 2 is 2.00 bits per heavy atom. The second-order valence-corrected chi connectivity index (χ2v) is 3.17. The SMILES string of the molecule is O=S(=O)(O)C1CN1O. The van der Waals surface area contributed by atoms with Gasteiger partial charge in [-0.3, -0.25) is 4.55 Å². The van der Waals surface area contributed by atoms with Crippen LogP contribution in [0.2, 0.25) is 0 Å². The first-order valence-corrected chi connectivity index (χ1v) is 3.44. The van der Waals surface area contributed by atoms with Crippen molar-refractivity contribution in [3.8, 4) is 0 Å². The van der Waals surface area contributed by atoms with Crippen molar-refractivity contribution in [2.45, 2.75) is 5.37 Å². The number of rotatable bonds is 1. The highest BCUT2D eigenvalue weighted by atomic mass is 32.2. The van der Waals surface area contributed by atoms with E-state index in [1.807, 2.05) is 0 Å². The van der Waals surface area contributed by atoms with Gasteiger partial charge in [0.25, 0.3) is 10.1 Å². The fraction of sp³-hybridized carbons (Fsp3) is 1.00. The molecule has 1 heterocycles. The Morgan fingerprint density at radius 3 is 2.00 bits per heavy atom. The third-order valence-corrected chi connectivity index (χ3v) is 1.97. The summed E-state index contributed by atoms with van der Waals surface area (Å²) >= 11 is 0. The van der Waals surface area contributed by atoms with Gasteiger partial charge in [0.05, 0.1) is 6.54 Å². The average molecular weight is 139 g/mol. The molecule has 48 valence electrons. The fourth-order valence-electron chi connectivity index (χ4n) is 0.361. The lowest BCUT2D eigenvalue weighted by atomic mass is 11.0. The minimum atomic E-state index is -4.00. The van der Waals surface area contributed by atoms with Crippen LogP contribution in [0.4, 0.5) is 0 Å². The van der Waals surface area contributed by atoms with Gasteiger partial charge < -0.3 is 5.21 Å². The Morgan fingerprint density at radius 1 is 1.62 bits per heavy atom. The topological polar surface area (TPSA) is 77.6 Å². The van der Waals surface area contributed by atoms with Crippen LogP contribution in [0.25, 0.3) is 0 Å². The molecule has 0 radical (unpaired) electrons. The molecule has 1 aliphatic heterocycles. The maximum atomic E-state index is 9.96. The van der Waals surface area contributed by atoms with Gasteiger partial charge in [-0.2, -0.15) is 13.5 Å². The molecule has 0 aromatic carbocycles. The lowest BCUT2D eigenvalue weighted by Gasteiger charge is -1.86. The zero-order valence-electron chi connectivity index (χ0n) is 3.85. The van der Waals surface area contributed by atoms with Crippen LogP contribution >= 0.6 is 0 Å². The molecule has 8 heavy (non-hydrogen) atoms. The van der Waals surface area contributed by atoms with Crippen molar-refractivity contribution in [1.29, 1.82) is 0 Å². The lowest BCUT2D eigenvalue weighted by Crippen LogP contribution is -2.09. The summed E-state index contributed by atoms with van der Waals surface area (Å²) in [5.41, 5.74) is 0. The minimum absolute atomic E-state index is 0.0127. The Bertz CT molecular complexity index is 184. The van der Waals surface area contributed by atoms with E-state index in [-0.39, 0.29) is 6.54 Å². The van der Waals surface area contributed by atoms with Crippen LogP contribution < -0.4 is 0 Å². The van der Waals surface area contributed by atoms with Gasteiger partial charge in [-0.25, -0.2) is 0 Å². The van der Waals surface area contributed by atoms with E-state index in [0.29, 0.717) is 5.06 Å². The molecule has 0 aliphatic carbocycles. The van der Waals surface area contributed by atoms with E-state index in [1.54, 1.807) is 0 Å². The summed E-state index contributed by atoms with van der Waals surface area (Å²) in [7, 11) is -4.00. The van der Waals surface area contributed by atoms with Gasteiger partial charge in [-0.15, -0.1) is 0 Å². The Kier molecular flexibility index (Phi) is 1.05. The molecule has 1 aliphatic rings. The molecule has 1 rings (SSSR count). The second-order valence-electron chi connectivity index (χ2n) is 1.59. The highest BCUT2D eigenvalue weighted by molar-refractivity contribution is 7.86. The highest BCUT2D eigenvalue weighted by Gasteiger charge is 2.43. The lowest BCUT2D eigenvalue weighted by molar-refractivity contribution is 0.0282. The molecule has 1 saturated heterocycles. The van der Waals surface area contributed by atoms with Crippen LogP contribution in [0.5, 0.6) is 0 Å². The largest absolute Gasteiger partial charge is 0.312 e. The van der Waals surface area contributed by atoms with Crippen LogP contribution in [-0.2, 0) is 10.1 Å². The first-order chi connectivity index (χ1) is 3.52. The highest BCUT2D eigenvalue weighted by Crippen LogP contribution is 2.17. The maximum Gasteiger partial charge on any atom is 0.284 e. The van der Waals surface area contributed by atoms with Crippen LogP contribution in [-0.4, -0.2) is 35.2 Å². The first kappa shape index (κ1) is 5.96. The average Bonchev–Trinajstić information content (AvgIpc) is 2.13. The van der Waals surface area contributed by atoms with Crippen molar-refractivity contribution >= 4 is 10.1 Å². The third-order valence-electron chi connectivity index (χ3n) is 0.886. The van der Waals surface area contributed by atoms with E-state index < -0.39 is 15.5 Å². The molecule has 1 fully saturated rings. The minimum Gasteiger partial charge on any atom is -0.312 e. The van der Waals surface area contributed by atoms with Crippen LogP contribution in [0.15, 0.2) is 0 Å². The summed E-state index contributed by atoms with van der Waals surface area (Å²) in [4.78, 5) is 0. The van der Waals surface area contributed by atoms with Gasteiger partial charge in [0.2, 0.25) is 0 Å². The van der Waals surface area contributed by atoms with Crippen molar-refractivity contribution in [3.63, 3.8) is 0 Å². The normalized spacial score (nSPS) is 37.2. The van der Waals surface area contributed by atoms with Gasteiger partial charge >= 0.3 is 0 Å². The molecule has 2 N–H and O–H groups in total. The molecule has 0 aromatic heterocycles. The first-order valence-electron chi connectivity index (χ1n) is 1.93. The van der Waals surface area contributed by atoms with E-state index in [1.165, 1.54) is 0 Å². The molecule has 6 heteroatoms. The third kappa shape index (κ3) is 0.972. The Labute approximate surface area is 46.2 Å². The van der Waals surface area contributed by atoms with Crippen molar-refractivity contribution in [1.82, 2.24) is 5.06 Å². The summed E-state index contributed by atoms with van der Waals surface area (Å²) in [6, 6.07) is 0. The van der Waals surface area contributed by atoms with Crippen LogP contribution in [0, 0.1) is 0 Å². The van der Waals surface area contributed by atoms with Gasteiger partial charge in [0, 0.05) is 0 Å². The smallest absolute Gasteiger partial charge is 0.284 e. The zero-order chi connectivity index (χ0) is 6.36. The number of hydrogen-bond donors (Lipinski definition) is 2. The molecule has 2 unspecified atom stereocenters. The molecular formula is C2H5NO4S. The molecule has 5 nitrogen and oxygen atoms in total. The Balaban J connectivity index is 2.66. The molecule has 2 atom stereocenters. The van der Waals surface area contributed by atoms with E-state index in [2.05, 4.69) is 0 Å². The van der Waals surface area contributed by atoms with Crippen molar-refractivity contribution in [3.05, 3.63) is 0 Å². The van der Waals surface area contributed by atoms with Crippen LogP contribution in [0.3, 0.4) is 0 Å². The summed E-state index contributed by atoms with van der Waals surface area (Å²) in [5.74, 6) is 0. The second kappa shape index (κ2) is 1.41. The summed E-state index contributed by atoms with van der Waals surface area (Å²) in [5, 5.41) is 7.73. The van der Waals surface area contributed by atoms with Crippen molar-refractivity contribution < 1.29 is 18.2 Å². The number of nitrogens with zero attached hydrogens (tertiary/aromatic N) is 1. The Hall–Kier alpha value is -0.170. The van der Waals surface area contributed by atoms with Crippen molar-refractivity contribution in [2.75, 3.05) is 6.54 Å². The molecule has 0 spiro atoms. The molecule has 0 amide bonds. The van der Waals surface area contributed by atoms with Crippen LogP contribution in [0.1, 0.15) is 0 Å². The quantitative estimate of drug-likeness (QED) is 0.356. The maximum absolute atomic E-state index is 9.96. The summed E-state index contributed by atoms with van der Waals surface area (Å²) in [6.07, 6.45) is 0. The standard InChI is InChI=1S/C2H5NO4S/c4-3-1-2(3)8(5,6)7/h2,4H,1H2,(H,5,6,7).